The van der Waals surface area contributed by atoms with Crippen molar-refractivity contribution in [1.29, 1.82) is 0 Å². The Morgan fingerprint density at radius 3 is 2.37 bits per heavy atom. The zero-order valence-corrected chi connectivity index (χ0v) is 24.3. The Kier molecular flexibility index (Phi) is 8.17. The van der Waals surface area contributed by atoms with Crippen LogP contribution in [0.4, 0.5) is 11.8 Å². The Bertz CT molecular complexity index is 1490. The van der Waals surface area contributed by atoms with Crippen molar-refractivity contribution < 1.29 is 4.79 Å². The molecule has 2 aliphatic rings. The fourth-order valence-corrected chi connectivity index (χ4v) is 6.58. The average Bonchev–Trinajstić information content (AvgIpc) is 3.38. The number of carbonyl (C=O) groups is 1. The van der Waals surface area contributed by atoms with Gasteiger partial charge in [-0.15, -0.1) is 0 Å². The van der Waals surface area contributed by atoms with Crippen molar-refractivity contribution in [3.63, 3.8) is 0 Å². The number of anilines is 2. The van der Waals surface area contributed by atoms with E-state index in [-0.39, 0.29) is 11.9 Å². The molecule has 1 atom stereocenters. The lowest BCUT2D eigenvalue weighted by Gasteiger charge is -2.30. The van der Waals surface area contributed by atoms with Gasteiger partial charge in [0.15, 0.2) is 0 Å². The van der Waals surface area contributed by atoms with Crippen LogP contribution >= 0.6 is 0 Å². The average molecular weight is 548 g/mol. The molecule has 212 valence electrons. The van der Waals surface area contributed by atoms with Crippen molar-refractivity contribution in [2.45, 2.75) is 75.8 Å². The largest absolute Gasteiger partial charge is 0.362 e. The van der Waals surface area contributed by atoms with Gasteiger partial charge in [-0.25, -0.2) is 4.98 Å². The molecule has 1 unspecified atom stereocenters. The van der Waals surface area contributed by atoms with Crippen LogP contribution in [-0.2, 0) is 24.1 Å². The quantitative estimate of drug-likeness (QED) is 0.252. The molecule has 2 aliphatic carbocycles. The zero-order chi connectivity index (χ0) is 28.2. The van der Waals surface area contributed by atoms with Crippen LogP contribution in [0.2, 0.25) is 0 Å². The summed E-state index contributed by atoms with van der Waals surface area (Å²) in [6.07, 6.45) is 8.76. The molecule has 0 saturated heterocycles. The second kappa shape index (κ2) is 12.3. The van der Waals surface area contributed by atoms with E-state index in [4.69, 9.17) is 9.97 Å². The molecule has 1 saturated carbocycles. The minimum atomic E-state index is 0.197. The number of rotatable bonds is 9. The van der Waals surface area contributed by atoms with Crippen molar-refractivity contribution in [3.8, 4) is 0 Å². The van der Waals surface area contributed by atoms with Crippen LogP contribution in [0.15, 0.2) is 72.8 Å². The summed E-state index contributed by atoms with van der Waals surface area (Å²) in [6.45, 7) is 0. The van der Waals surface area contributed by atoms with Crippen molar-refractivity contribution in [2.24, 2.45) is 0 Å². The van der Waals surface area contributed by atoms with Gasteiger partial charge in [0, 0.05) is 38.0 Å². The maximum Gasteiger partial charge on any atom is 0.225 e. The maximum absolute atomic E-state index is 13.1. The first-order valence-corrected chi connectivity index (χ1v) is 15.2. The van der Waals surface area contributed by atoms with E-state index in [9.17, 15) is 4.79 Å². The lowest BCUT2D eigenvalue weighted by molar-refractivity contribution is -0.122. The minimum Gasteiger partial charge on any atom is -0.362 e. The molecule has 1 fully saturated rings. The summed E-state index contributed by atoms with van der Waals surface area (Å²) in [6, 6.07) is 26.3. The van der Waals surface area contributed by atoms with Crippen LogP contribution in [0, 0.1) is 0 Å². The Labute approximate surface area is 243 Å². The molecule has 4 aromatic rings. The standard InChI is InChI=1S/C35H41N5O/c1-40(2)34-30-10-6-7-11-32(30)38-35(39-34)37-29-20-18-28(19-21-29)36-33(41)23-27-17-16-26-15-14-25(22-31(26)27)13-12-24-8-4-3-5-9-24/h3-11,14-15,22,27-29H,12-13,16-21,23H2,1-2H3,(H,36,41)(H,37,38,39). The van der Waals surface area contributed by atoms with E-state index in [0.29, 0.717) is 24.3 Å². The van der Waals surface area contributed by atoms with E-state index in [1.54, 1.807) is 0 Å². The number of nitrogens with one attached hydrogen (secondary N) is 2. The van der Waals surface area contributed by atoms with Crippen LogP contribution in [0.5, 0.6) is 0 Å². The highest BCUT2D eigenvalue weighted by molar-refractivity contribution is 5.90. The van der Waals surface area contributed by atoms with Crippen LogP contribution in [-0.4, -0.2) is 42.1 Å². The molecule has 0 radical (unpaired) electrons. The SMILES string of the molecule is CN(C)c1nc(NC2CCC(NC(=O)CC3CCc4ccc(CCc5ccccc5)cc43)CC2)nc2ccccc12. The monoisotopic (exact) mass is 547 g/mol. The van der Waals surface area contributed by atoms with Gasteiger partial charge in [-0.1, -0.05) is 60.7 Å². The number of fused-ring (bicyclic) bond motifs is 2. The lowest BCUT2D eigenvalue weighted by atomic mass is 9.90. The van der Waals surface area contributed by atoms with Gasteiger partial charge in [-0.3, -0.25) is 4.79 Å². The highest BCUT2D eigenvalue weighted by Crippen LogP contribution is 2.36. The van der Waals surface area contributed by atoms with Crippen molar-refractivity contribution in [1.82, 2.24) is 15.3 Å². The predicted octanol–water partition coefficient (Wildman–Crippen LogP) is 6.44. The molecular formula is C35H41N5O. The predicted molar refractivity (Wildman–Crippen MR) is 168 cm³/mol. The van der Waals surface area contributed by atoms with Gasteiger partial charge in [0.25, 0.3) is 0 Å². The lowest BCUT2D eigenvalue weighted by Crippen LogP contribution is -2.40. The van der Waals surface area contributed by atoms with Crippen LogP contribution in [0.25, 0.3) is 10.9 Å². The molecule has 41 heavy (non-hydrogen) atoms. The second-order valence-corrected chi connectivity index (χ2v) is 12.0. The fraction of sp³-hybridized carbons (Fsp3) is 0.400. The van der Waals surface area contributed by atoms with E-state index in [1.165, 1.54) is 22.3 Å². The maximum atomic E-state index is 13.1. The molecule has 0 bridgehead atoms. The van der Waals surface area contributed by atoms with Crippen molar-refractivity contribution >= 4 is 28.6 Å². The van der Waals surface area contributed by atoms with E-state index >= 15 is 0 Å². The first-order chi connectivity index (χ1) is 20.0. The number of hydrogen-bond acceptors (Lipinski definition) is 5. The van der Waals surface area contributed by atoms with Crippen molar-refractivity contribution in [2.75, 3.05) is 24.3 Å². The Balaban J connectivity index is 1.00. The molecule has 3 aromatic carbocycles. The van der Waals surface area contributed by atoms with Gasteiger partial charge in [0.1, 0.15) is 5.82 Å². The third-order valence-corrected chi connectivity index (χ3v) is 8.82. The number of carbonyl (C=O) groups excluding carboxylic acids is 1. The normalized spacial score (nSPS) is 20.0. The number of para-hydroxylation sites is 1. The van der Waals surface area contributed by atoms with Gasteiger partial charge in [-0.2, -0.15) is 4.98 Å². The molecule has 0 spiro atoms. The summed E-state index contributed by atoms with van der Waals surface area (Å²) in [5, 5.41) is 8.00. The Morgan fingerprint density at radius 1 is 0.829 bits per heavy atom. The number of hydrogen-bond donors (Lipinski definition) is 2. The Hall–Kier alpha value is -3.93. The number of aryl methyl sites for hydroxylation is 3. The van der Waals surface area contributed by atoms with Crippen molar-refractivity contribution in [3.05, 3.63) is 95.1 Å². The Morgan fingerprint density at radius 2 is 1.56 bits per heavy atom. The highest BCUT2D eigenvalue weighted by atomic mass is 16.1. The zero-order valence-electron chi connectivity index (χ0n) is 24.3. The van der Waals surface area contributed by atoms with Gasteiger partial charge in [0.05, 0.1) is 5.52 Å². The molecular weight excluding hydrogens is 506 g/mol. The summed E-state index contributed by atoms with van der Waals surface area (Å²) in [5.74, 6) is 2.14. The number of benzene rings is 3. The molecule has 2 N–H and O–H groups in total. The van der Waals surface area contributed by atoms with Gasteiger partial charge >= 0.3 is 0 Å². The minimum absolute atomic E-state index is 0.197. The molecule has 1 amide bonds. The smallest absolute Gasteiger partial charge is 0.225 e. The fourth-order valence-electron chi connectivity index (χ4n) is 6.58. The third kappa shape index (κ3) is 6.53. The van der Waals surface area contributed by atoms with E-state index in [1.807, 2.05) is 37.2 Å². The van der Waals surface area contributed by atoms with E-state index in [2.05, 4.69) is 65.2 Å². The van der Waals surface area contributed by atoms with Crippen LogP contribution in [0.1, 0.15) is 66.7 Å². The summed E-state index contributed by atoms with van der Waals surface area (Å²) in [4.78, 5) is 24.7. The van der Waals surface area contributed by atoms with E-state index < -0.39 is 0 Å². The topological polar surface area (TPSA) is 70.2 Å². The summed E-state index contributed by atoms with van der Waals surface area (Å²) < 4.78 is 0. The molecule has 0 aliphatic heterocycles. The van der Waals surface area contributed by atoms with Crippen LogP contribution < -0.4 is 15.5 Å². The number of aromatic nitrogens is 2. The molecule has 6 rings (SSSR count). The third-order valence-electron chi connectivity index (χ3n) is 8.82. The van der Waals surface area contributed by atoms with Gasteiger partial charge in [0.2, 0.25) is 11.9 Å². The molecule has 6 heteroatoms. The first kappa shape index (κ1) is 27.3. The molecule has 1 heterocycles. The first-order valence-electron chi connectivity index (χ1n) is 15.2. The highest BCUT2D eigenvalue weighted by Gasteiger charge is 2.28. The molecule has 6 nitrogen and oxygen atoms in total. The molecule has 1 aromatic heterocycles. The van der Waals surface area contributed by atoms with Crippen LogP contribution in [0.3, 0.4) is 0 Å². The number of amides is 1. The second-order valence-electron chi connectivity index (χ2n) is 12.0. The van der Waals surface area contributed by atoms with E-state index in [0.717, 1.165) is 68.1 Å². The summed E-state index contributed by atoms with van der Waals surface area (Å²) in [5.41, 5.74) is 6.51. The summed E-state index contributed by atoms with van der Waals surface area (Å²) >= 11 is 0. The number of nitrogens with zero attached hydrogens (tertiary/aromatic N) is 3. The van der Waals surface area contributed by atoms with Gasteiger partial charge in [-0.05, 0) is 91.7 Å². The van der Waals surface area contributed by atoms with Gasteiger partial charge < -0.3 is 15.5 Å². The summed E-state index contributed by atoms with van der Waals surface area (Å²) in [7, 11) is 4.03.